The van der Waals surface area contributed by atoms with Crippen LogP contribution >= 0.6 is 11.3 Å². The number of fused-ring (bicyclic) bond motifs is 1. The van der Waals surface area contributed by atoms with Crippen LogP contribution in [0.2, 0.25) is 0 Å². The second kappa shape index (κ2) is 6.10. The van der Waals surface area contributed by atoms with E-state index in [-0.39, 0.29) is 17.7 Å². The number of morpholine rings is 1. The van der Waals surface area contributed by atoms with Crippen molar-refractivity contribution in [3.8, 4) is 6.07 Å². The summed E-state index contributed by atoms with van der Waals surface area (Å²) in [6, 6.07) is 2.22. The molecule has 0 spiro atoms. The highest BCUT2D eigenvalue weighted by molar-refractivity contribution is 7.15. The molecule has 23 heavy (non-hydrogen) atoms. The Morgan fingerprint density at radius 1 is 1.35 bits per heavy atom. The molecule has 7 heteroatoms. The minimum Gasteiger partial charge on any atom is -0.378 e. The predicted octanol–water partition coefficient (Wildman–Crippen LogP) is 1.07. The van der Waals surface area contributed by atoms with E-state index in [1.807, 2.05) is 4.90 Å². The molecule has 1 aliphatic carbocycles. The number of hydrogen-bond acceptors (Lipinski definition) is 6. The summed E-state index contributed by atoms with van der Waals surface area (Å²) in [4.78, 5) is 22.8. The van der Waals surface area contributed by atoms with Crippen LogP contribution in [0, 0.1) is 23.2 Å². The second-order valence-electron chi connectivity index (χ2n) is 6.47. The van der Waals surface area contributed by atoms with Gasteiger partial charge in [0.25, 0.3) is 0 Å². The van der Waals surface area contributed by atoms with Crippen molar-refractivity contribution in [1.29, 1.82) is 5.26 Å². The first-order valence-electron chi connectivity index (χ1n) is 8.24. The number of nitriles is 1. The lowest BCUT2D eigenvalue weighted by atomic mass is 9.88. The molecule has 1 aromatic rings. The van der Waals surface area contributed by atoms with Gasteiger partial charge in [0.15, 0.2) is 5.13 Å². The molecule has 1 unspecified atom stereocenters. The van der Waals surface area contributed by atoms with E-state index in [1.165, 1.54) is 4.88 Å². The third kappa shape index (κ3) is 2.81. The Labute approximate surface area is 139 Å². The summed E-state index contributed by atoms with van der Waals surface area (Å²) in [6.45, 7) is 4.54. The number of amides is 1. The standard InChI is InChI=1S/C16H20N4O2S/c17-8-11-9-20(10-11)15(21)12-1-2-14-13(7-12)18-16(23-14)19-3-5-22-6-4-19/h11-12H,1-7,9-10H2. The summed E-state index contributed by atoms with van der Waals surface area (Å²) in [6.07, 6.45) is 2.61. The van der Waals surface area contributed by atoms with Crippen LogP contribution in [0.15, 0.2) is 0 Å². The van der Waals surface area contributed by atoms with Crippen LogP contribution in [-0.2, 0) is 22.4 Å². The minimum atomic E-state index is 0.0327. The summed E-state index contributed by atoms with van der Waals surface area (Å²) in [5.74, 6) is 0.287. The molecule has 6 nitrogen and oxygen atoms in total. The third-order valence-electron chi connectivity index (χ3n) is 4.93. The van der Waals surface area contributed by atoms with Gasteiger partial charge in [-0.3, -0.25) is 4.79 Å². The molecule has 4 rings (SSSR count). The van der Waals surface area contributed by atoms with Gasteiger partial charge in [0, 0.05) is 43.4 Å². The molecule has 0 bridgehead atoms. The normalized spacial score (nSPS) is 24.7. The molecule has 3 aliphatic rings. The summed E-state index contributed by atoms with van der Waals surface area (Å²) < 4.78 is 5.40. The Hall–Kier alpha value is -1.65. The highest BCUT2D eigenvalue weighted by Crippen LogP contribution is 2.35. The van der Waals surface area contributed by atoms with Crippen LogP contribution in [0.1, 0.15) is 17.0 Å². The number of aromatic nitrogens is 1. The molecule has 1 aromatic heterocycles. The fourth-order valence-electron chi connectivity index (χ4n) is 3.46. The summed E-state index contributed by atoms with van der Waals surface area (Å²) in [5, 5.41) is 9.93. The van der Waals surface area contributed by atoms with Gasteiger partial charge in [0.2, 0.25) is 5.91 Å². The van der Waals surface area contributed by atoms with Crippen molar-refractivity contribution in [2.75, 3.05) is 44.3 Å². The maximum Gasteiger partial charge on any atom is 0.226 e. The van der Waals surface area contributed by atoms with E-state index in [9.17, 15) is 4.79 Å². The molecule has 2 fully saturated rings. The van der Waals surface area contributed by atoms with Crippen LogP contribution in [0.25, 0.3) is 0 Å². The number of rotatable bonds is 2. The molecule has 0 radical (unpaired) electrons. The number of nitrogens with zero attached hydrogens (tertiary/aromatic N) is 4. The monoisotopic (exact) mass is 332 g/mol. The van der Waals surface area contributed by atoms with Gasteiger partial charge in [-0.2, -0.15) is 5.26 Å². The Balaban J connectivity index is 1.42. The lowest BCUT2D eigenvalue weighted by Crippen LogP contribution is -2.52. The van der Waals surface area contributed by atoms with Crippen molar-refractivity contribution in [1.82, 2.24) is 9.88 Å². The van der Waals surface area contributed by atoms with Gasteiger partial charge in [0.1, 0.15) is 0 Å². The van der Waals surface area contributed by atoms with Crippen molar-refractivity contribution in [3.63, 3.8) is 0 Å². The first-order valence-corrected chi connectivity index (χ1v) is 9.06. The minimum absolute atomic E-state index is 0.0327. The SMILES string of the molecule is N#CC1CN(C(=O)C2CCc3sc(N4CCOCC4)nc3C2)C1. The number of thiazole rings is 1. The average Bonchev–Trinajstić information content (AvgIpc) is 2.97. The molecule has 3 heterocycles. The van der Waals surface area contributed by atoms with E-state index >= 15 is 0 Å². The predicted molar refractivity (Wildman–Crippen MR) is 86.3 cm³/mol. The van der Waals surface area contributed by atoms with Gasteiger partial charge >= 0.3 is 0 Å². The van der Waals surface area contributed by atoms with Gasteiger partial charge in [-0.25, -0.2) is 4.98 Å². The van der Waals surface area contributed by atoms with Crippen molar-refractivity contribution in [3.05, 3.63) is 10.6 Å². The quantitative estimate of drug-likeness (QED) is 0.810. The number of anilines is 1. The molecule has 2 saturated heterocycles. The van der Waals surface area contributed by atoms with Crippen LogP contribution in [0.4, 0.5) is 5.13 Å². The van der Waals surface area contributed by atoms with Gasteiger partial charge in [-0.15, -0.1) is 11.3 Å². The summed E-state index contributed by atoms with van der Waals surface area (Å²) in [7, 11) is 0. The Bertz CT molecular complexity index is 641. The van der Waals surface area contributed by atoms with E-state index in [1.54, 1.807) is 11.3 Å². The van der Waals surface area contributed by atoms with Gasteiger partial charge in [-0.05, 0) is 12.8 Å². The Morgan fingerprint density at radius 3 is 2.87 bits per heavy atom. The molecular formula is C16H20N4O2S. The second-order valence-corrected chi connectivity index (χ2v) is 7.54. The smallest absolute Gasteiger partial charge is 0.226 e. The van der Waals surface area contributed by atoms with Crippen LogP contribution in [0.3, 0.4) is 0 Å². The van der Waals surface area contributed by atoms with Crippen molar-refractivity contribution >= 4 is 22.4 Å². The highest BCUT2D eigenvalue weighted by Gasteiger charge is 2.36. The zero-order valence-corrected chi connectivity index (χ0v) is 13.8. The van der Waals surface area contributed by atoms with Crippen LogP contribution in [-0.4, -0.2) is 55.2 Å². The molecule has 1 atom stereocenters. The van der Waals surface area contributed by atoms with Crippen LogP contribution in [0.5, 0.6) is 0 Å². The van der Waals surface area contributed by atoms with E-state index < -0.39 is 0 Å². The number of hydrogen-bond donors (Lipinski definition) is 0. The number of ether oxygens (including phenoxy) is 1. The Kier molecular flexibility index (Phi) is 3.95. The van der Waals surface area contributed by atoms with Gasteiger partial charge < -0.3 is 14.5 Å². The van der Waals surface area contributed by atoms with Crippen molar-refractivity contribution in [2.45, 2.75) is 19.3 Å². The molecule has 0 saturated carbocycles. The molecule has 0 N–H and O–H groups in total. The number of carbonyl (C=O) groups excluding carboxylic acids is 1. The number of likely N-dealkylation sites (tertiary alicyclic amines) is 1. The van der Waals surface area contributed by atoms with E-state index in [0.29, 0.717) is 13.1 Å². The zero-order valence-electron chi connectivity index (χ0n) is 13.0. The van der Waals surface area contributed by atoms with Crippen LogP contribution < -0.4 is 4.90 Å². The van der Waals surface area contributed by atoms with Crippen molar-refractivity contribution in [2.24, 2.45) is 11.8 Å². The lowest BCUT2D eigenvalue weighted by Gasteiger charge is -2.38. The average molecular weight is 332 g/mol. The molecule has 1 amide bonds. The maximum absolute atomic E-state index is 12.5. The first kappa shape index (κ1) is 14.9. The van der Waals surface area contributed by atoms with Gasteiger partial charge in [0.05, 0.1) is 30.9 Å². The number of carbonyl (C=O) groups is 1. The fraction of sp³-hybridized carbons (Fsp3) is 0.688. The molecule has 122 valence electrons. The number of aryl methyl sites for hydroxylation is 1. The molecule has 0 aromatic carbocycles. The van der Waals surface area contributed by atoms with Gasteiger partial charge in [-0.1, -0.05) is 0 Å². The Morgan fingerprint density at radius 2 is 2.13 bits per heavy atom. The zero-order chi connectivity index (χ0) is 15.8. The van der Waals surface area contributed by atoms with E-state index in [2.05, 4.69) is 11.0 Å². The molecule has 2 aliphatic heterocycles. The van der Waals surface area contributed by atoms with Crippen molar-refractivity contribution < 1.29 is 9.53 Å². The fourth-order valence-corrected chi connectivity index (χ4v) is 4.62. The molecular weight excluding hydrogens is 312 g/mol. The lowest BCUT2D eigenvalue weighted by molar-refractivity contribution is -0.141. The topological polar surface area (TPSA) is 69.5 Å². The highest BCUT2D eigenvalue weighted by atomic mass is 32.1. The summed E-state index contributed by atoms with van der Waals surface area (Å²) in [5.41, 5.74) is 1.11. The summed E-state index contributed by atoms with van der Waals surface area (Å²) >= 11 is 1.78. The maximum atomic E-state index is 12.5. The first-order chi connectivity index (χ1) is 11.2. The largest absolute Gasteiger partial charge is 0.378 e. The van der Waals surface area contributed by atoms with E-state index in [0.717, 1.165) is 56.4 Å². The van der Waals surface area contributed by atoms with E-state index in [4.69, 9.17) is 15.0 Å². The third-order valence-corrected chi connectivity index (χ3v) is 6.15.